The van der Waals surface area contributed by atoms with Gasteiger partial charge in [-0.1, -0.05) is 48.6 Å². The molecule has 0 saturated heterocycles. The number of benzene rings is 2. The summed E-state index contributed by atoms with van der Waals surface area (Å²) in [7, 11) is 0. The van der Waals surface area contributed by atoms with Crippen LogP contribution < -0.4 is 10.6 Å². The highest BCUT2D eigenvalue weighted by atomic mass is 32.1. The van der Waals surface area contributed by atoms with E-state index in [2.05, 4.69) is 30.6 Å². The molecule has 4 heterocycles. The number of amides is 1. The average molecular weight is 679 g/mol. The Morgan fingerprint density at radius 1 is 0.604 bits per heavy atom. The van der Waals surface area contributed by atoms with Gasteiger partial charge in [0.2, 0.25) is 0 Å². The van der Waals surface area contributed by atoms with Crippen molar-refractivity contribution in [2.24, 2.45) is 0 Å². The summed E-state index contributed by atoms with van der Waals surface area (Å²) in [5, 5.41) is 6.96. The normalized spacial score (nSPS) is 11.5. The summed E-state index contributed by atoms with van der Waals surface area (Å²) in [6.45, 7) is -0.255. The molecule has 14 heteroatoms. The van der Waals surface area contributed by atoms with Crippen LogP contribution in [0.3, 0.4) is 0 Å². The predicted octanol–water partition coefficient (Wildman–Crippen LogP) is 7.69. The van der Waals surface area contributed by atoms with E-state index in [1.165, 1.54) is 36.4 Å². The summed E-state index contributed by atoms with van der Waals surface area (Å²) < 4.78 is 77.8. The van der Waals surface area contributed by atoms with Crippen molar-refractivity contribution < 1.29 is 31.1 Å². The second kappa shape index (κ2) is 14.5. The smallest absolute Gasteiger partial charge is 0.370 e. The summed E-state index contributed by atoms with van der Waals surface area (Å²) in [5.74, 6) is -0.536. The second-order valence-electron chi connectivity index (χ2n) is 10.2. The Morgan fingerprint density at radius 2 is 1.06 bits per heavy atom. The van der Waals surface area contributed by atoms with Gasteiger partial charge in [-0.2, -0.15) is 26.3 Å². The van der Waals surface area contributed by atoms with Crippen molar-refractivity contribution >= 4 is 44.9 Å². The van der Waals surface area contributed by atoms with Crippen LogP contribution in [0, 0.1) is 0 Å². The molecule has 0 aliphatic carbocycles. The van der Waals surface area contributed by atoms with Crippen molar-refractivity contribution in [3.8, 4) is 0 Å². The number of halogens is 6. The lowest BCUT2D eigenvalue weighted by Crippen LogP contribution is -2.25. The number of nitrogens with zero attached hydrogens (tertiary/aromatic N) is 4. The fourth-order valence-corrected chi connectivity index (χ4v) is 4.80. The van der Waals surface area contributed by atoms with Crippen LogP contribution in [0.15, 0.2) is 110 Å². The summed E-state index contributed by atoms with van der Waals surface area (Å²) in [6.07, 6.45) is -2.39. The number of fused-ring (bicyclic) bond motifs is 2. The molecule has 48 heavy (non-hydrogen) atoms. The Bertz CT molecular complexity index is 1940. The van der Waals surface area contributed by atoms with E-state index in [0.717, 1.165) is 28.4 Å². The number of alkyl halides is 6. The first kappa shape index (κ1) is 33.9. The van der Waals surface area contributed by atoms with E-state index in [4.69, 9.17) is 12.2 Å². The molecule has 0 unspecified atom stereocenters. The molecule has 244 valence electrons. The van der Waals surface area contributed by atoms with E-state index in [0.29, 0.717) is 16.2 Å². The Balaban J connectivity index is 0.000000188. The molecule has 0 fully saturated rings. The molecule has 0 atom stereocenters. The van der Waals surface area contributed by atoms with Crippen molar-refractivity contribution in [1.82, 2.24) is 30.6 Å². The summed E-state index contributed by atoms with van der Waals surface area (Å²) in [5.41, 5.74) is 0.670. The zero-order chi connectivity index (χ0) is 34.3. The van der Waals surface area contributed by atoms with Gasteiger partial charge in [0.05, 0.1) is 27.9 Å². The van der Waals surface area contributed by atoms with E-state index in [9.17, 15) is 31.1 Å². The molecule has 2 aromatic carbocycles. The maximum absolute atomic E-state index is 13.0. The van der Waals surface area contributed by atoms with Crippen molar-refractivity contribution in [1.29, 1.82) is 0 Å². The maximum atomic E-state index is 13.0. The second-order valence-corrected chi connectivity index (χ2v) is 10.6. The fraction of sp³-hybridized carbons (Fsp3) is 0.118. The van der Waals surface area contributed by atoms with Crippen molar-refractivity contribution in [3.05, 3.63) is 143 Å². The lowest BCUT2D eigenvalue weighted by molar-refractivity contribution is -0.139. The van der Waals surface area contributed by atoms with Crippen LogP contribution in [0.5, 0.6) is 0 Å². The van der Waals surface area contributed by atoms with Crippen molar-refractivity contribution in [2.75, 3.05) is 0 Å². The number of aromatic nitrogens is 4. The monoisotopic (exact) mass is 678 g/mol. The summed E-state index contributed by atoms with van der Waals surface area (Å²) in [6, 6.07) is 20.7. The first-order valence-electron chi connectivity index (χ1n) is 14.2. The highest BCUT2D eigenvalue weighted by Crippen LogP contribution is 2.32. The third-order valence-corrected chi connectivity index (χ3v) is 7.32. The molecular formula is C34H24F6N6OS. The van der Waals surface area contributed by atoms with Crippen molar-refractivity contribution in [3.63, 3.8) is 0 Å². The Morgan fingerprint density at radius 3 is 1.58 bits per heavy atom. The largest absolute Gasteiger partial charge is 0.416 e. The maximum Gasteiger partial charge on any atom is 0.416 e. The average Bonchev–Trinajstić information content (AvgIpc) is 3.09. The highest BCUT2D eigenvalue weighted by Gasteiger charge is 2.33. The quantitative estimate of drug-likeness (QED) is 0.138. The van der Waals surface area contributed by atoms with Gasteiger partial charge in [0, 0.05) is 48.6 Å². The number of hydrogen-bond acceptors (Lipinski definition) is 6. The molecule has 0 spiro atoms. The number of carbonyl (C=O) groups excluding carboxylic acids is 1. The molecule has 2 N–H and O–H groups in total. The van der Waals surface area contributed by atoms with E-state index in [-0.39, 0.29) is 29.9 Å². The van der Waals surface area contributed by atoms with E-state index in [1.54, 1.807) is 55.1 Å². The molecule has 0 aliphatic heterocycles. The number of pyridine rings is 4. The molecule has 6 rings (SSSR count). The SMILES string of the molecule is FC(F)(F)c1ccccc1CNC(=S)c1ccc2cnccc2n1.O=C(NCc1ccccc1C(F)(F)F)c1ccc2cnccc2n1. The minimum absolute atomic E-state index is 0.00309. The lowest BCUT2D eigenvalue weighted by atomic mass is 10.1. The number of hydrogen-bond donors (Lipinski definition) is 2. The van der Waals surface area contributed by atoms with Gasteiger partial charge in [-0.3, -0.25) is 14.8 Å². The van der Waals surface area contributed by atoms with Crippen LogP contribution in [0.1, 0.15) is 38.4 Å². The highest BCUT2D eigenvalue weighted by molar-refractivity contribution is 7.80. The Labute approximate surface area is 275 Å². The third-order valence-electron chi connectivity index (χ3n) is 6.97. The Hall–Kier alpha value is -5.50. The number of carbonyl (C=O) groups is 1. The topological polar surface area (TPSA) is 92.7 Å². The molecule has 0 saturated carbocycles. The first-order valence-corrected chi connectivity index (χ1v) is 14.6. The molecular weight excluding hydrogens is 654 g/mol. The van der Waals surface area contributed by atoms with Gasteiger partial charge >= 0.3 is 12.4 Å². The van der Waals surface area contributed by atoms with Gasteiger partial charge in [-0.15, -0.1) is 0 Å². The van der Waals surface area contributed by atoms with Crippen LogP contribution >= 0.6 is 12.2 Å². The van der Waals surface area contributed by atoms with Crippen LogP contribution in [-0.4, -0.2) is 30.8 Å². The zero-order valence-electron chi connectivity index (χ0n) is 24.7. The molecule has 0 aliphatic rings. The number of rotatable bonds is 6. The molecule has 0 bridgehead atoms. The van der Waals surface area contributed by atoms with Crippen LogP contribution in [-0.2, 0) is 25.4 Å². The van der Waals surface area contributed by atoms with Crippen LogP contribution in [0.4, 0.5) is 26.3 Å². The molecule has 4 aromatic heterocycles. The van der Waals surface area contributed by atoms with E-state index in [1.807, 2.05) is 6.07 Å². The van der Waals surface area contributed by atoms with E-state index < -0.39 is 29.4 Å². The fourth-order valence-electron chi connectivity index (χ4n) is 4.62. The Kier molecular flexibility index (Phi) is 10.2. The van der Waals surface area contributed by atoms with Crippen molar-refractivity contribution in [2.45, 2.75) is 25.4 Å². The van der Waals surface area contributed by atoms with Crippen LogP contribution in [0.25, 0.3) is 21.8 Å². The van der Waals surface area contributed by atoms with Crippen LogP contribution in [0.2, 0.25) is 0 Å². The molecule has 1 amide bonds. The van der Waals surface area contributed by atoms with Gasteiger partial charge in [0.25, 0.3) is 5.91 Å². The molecule has 7 nitrogen and oxygen atoms in total. The minimum atomic E-state index is -4.46. The third kappa shape index (κ3) is 8.45. The number of thiocarbonyl (C=S) groups is 1. The van der Waals surface area contributed by atoms with Gasteiger partial charge in [0.1, 0.15) is 10.7 Å². The van der Waals surface area contributed by atoms with Gasteiger partial charge in [-0.25, -0.2) is 9.97 Å². The molecule has 6 aromatic rings. The predicted molar refractivity (Wildman–Crippen MR) is 172 cm³/mol. The summed E-state index contributed by atoms with van der Waals surface area (Å²) >= 11 is 5.25. The standard InChI is InChI=1S/C17H12F3N3O.C17H12F3N3S/c2*18-17(19,20)13-4-2-1-3-11(13)10-22-16(24)15-6-5-12-9-21-8-7-14(12)23-15/h2*1-9H,10H2,(H,22,24). The van der Waals surface area contributed by atoms with Gasteiger partial charge < -0.3 is 10.6 Å². The van der Waals surface area contributed by atoms with Gasteiger partial charge in [0.15, 0.2) is 0 Å². The van der Waals surface area contributed by atoms with E-state index >= 15 is 0 Å². The number of nitrogens with one attached hydrogen (secondary N) is 2. The zero-order valence-corrected chi connectivity index (χ0v) is 25.5. The van der Waals surface area contributed by atoms with Gasteiger partial charge in [-0.05, 0) is 59.7 Å². The minimum Gasteiger partial charge on any atom is -0.370 e. The summed E-state index contributed by atoms with van der Waals surface area (Å²) in [4.78, 5) is 29.0. The first-order chi connectivity index (χ1) is 22.9. The molecule has 0 radical (unpaired) electrons. The lowest BCUT2D eigenvalue weighted by Gasteiger charge is -2.14.